The second kappa shape index (κ2) is 7.56. The normalized spacial score (nSPS) is 18.0. The first-order valence-electron chi connectivity index (χ1n) is 7.20. The van der Waals surface area contributed by atoms with Crippen LogP contribution in [0.25, 0.3) is 0 Å². The third-order valence-corrected chi connectivity index (χ3v) is 5.72. The molecule has 1 aliphatic heterocycles. The molecule has 3 N–H and O–H groups in total. The fraction of sp³-hybridized carbons (Fsp3) is 0.571. The molecule has 0 aromatic heterocycles. The highest BCUT2D eigenvalue weighted by molar-refractivity contribution is 7.87. The molecular weight excluding hydrogens is 310 g/mol. The van der Waals surface area contributed by atoms with Crippen molar-refractivity contribution in [2.75, 3.05) is 26.2 Å². The van der Waals surface area contributed by atoms with E-state index in [-0.39, 0.29) is 0 Å². The number of piperidine rings is 1. The van der Waals surface area contributed by atoms with Crippen LogP contribution in [0.1, 0.15) is 18.4 Å². The minimum Gasteiger partial charge on any atom is -0.330 e. The van der Waals surface area contributed by atoms with Crippen LogP contribution in [-0.4, -0.2) is 38.9 Å². The van der Waals surface area contributed by atoms with Gasteiger partial charge in [-0.3, -0.25) is 0 Å². The number of halogens is 1. The Hall–Kier alpha value is -0.660. The Labute approximate surface area is 131 Å². The average Bonchev–Trinajstić information content (AvgIpc) is 2.49. The number of benzene rings is 1. The molecule has 1 fully saturated rings. The highest BCUT2D eigenvalue weighted by Crippen LogP contribution is 2.17. The van der Waals surface area contributed by atoms with Crippen LogP contribution in [0.5, 0.6) is 0 Å². The lowest BCUT2D eigenvalue weighted by atomic mass is 9.99. The highest BCUT2D eigenvalue weighted by Gasteiger charge is 2.26. The summed E-state index contributed by atoms with van der Waals surface area (Å²) in [4.78, 5) is 0. The molecule has 1 aromatic rings. The molecule has 21 heavy (non-hydrogen) atoms. The molecule has 0 atom stereocenters. The van der Waals surface area contributed by atoms with Gasteiger partial charge in [0.2, 0.25) is 0 Å². The third kappa shape index (κ3) is 4.93. The molecule has 0 spiro atoms. The van der Waals surface area contributed by atoms with E-state index in [2.05, 4.69) is 4.72 Å². The smallest absolute Gasteiger partial charge is 0.279 e. The van der Waals surface area contributed by atoms with E-state index in [1.165, 1.54) is 4.31 Å². The summed E-state index contributed by atoms with van der Waals surface area (Å²) in [5, 5.41) is 0.683. The van der Waals surface area contributed by atoms with Crippen molar-refractivity contribution in [3.8, 4) is 0 Å². The zero-order chi connectivity index (χ0) is 15.3. The van der Waals surface area contributed by atoms with Gasteiger partial charge in [0, 0.05) is 24.7 Å². The van der Waals surface area contributed by atoms with Crippen molar-refractivity contribution in [3.63, 3.8) is 0 Å². The van der Waals surface area contributed by atoms with E-state index < -0.39 is 10.2 Å². The van der Waals surface area contributed by atoms with Gasteiger partial charge >= 0.3 is 0 Å². The molecule has 1 aliphatic rings. The molecule has 0 aliphatic carbocycles. The van der Waals surface area contributed by atoms with Crippen molar-refractivity contribution in [3.05, 3.63) is 34.9 Å². The maximum atomic E-state index is 12.2. The Balaban J connectivity index is 1.80. The summed E-state index contributed by atoms with van der Waals surface area (Å²) in [5.74, 6) is 0.450. The monoisotopic (exact) mass is 331 g/mol. The van der Waals surface area contributed by atoms with Crippen molar-refractivity contribution in [2.45, 2.75) is 19.3 Å². The van der Waals surface area contributed by atoms with Gasteiger partial charge in [-0.05, 0) is 49.4 Å². The van der Waals surface area contributed by atoms with E-state index >= 15 is 0 Å². The van der Waals surface area contributed by atoms with Gasteiger partial charge in [0.05, 0.1) is 0 Å². The van der Waals surface area contributed by atoms with Crippen LogP contribution in [0.2, 0.25) is 5.02 Å². The summed E-state index contributed by atoms with van der Waals surface area (Å²) < 4.78 is 28.5. The molecule has 118 valence electrons. The summed E-state index contributed by atoms with van der Waals surface area (Å²) in [6, 6.07) is 7.43. The number of nitrogens with zero attached hydrogens (tertiary/aromatic N) is 1. The van der Waals surface area contributed by atoms with E-state index in [0.29, 0.717) is 43.5 Å². The van der Waals surface area contributed by atoms with E-state index in [1.54, 1.807) is 0 Å². The third-order valence-electron chi connectivity index (χ3n) is 3.86. The first-order chi connectivity index (χ1) is 10.0. The minimum atomic E-state index is -3.38. The van der Waals surface area contributed by atoms with Gasteiger partial charge in [-0.15, -0.1) is 0 Å². The molecule has 5 nitrogen and oxygen atoms in total. The van der Waals surface area contributed by atoms with Crippen LogP contribution in [0, 0.1) is 5.92 Å². The summed E-state index contributed by atoms with van der Waals surface area (Å²) in [6.07, 6.45) is 2.33. The van der Waals surface area contributed by atoms with Crippen molar-refractivity contribution < 1.29 is 8.42 Å². The Morgan fingerprint density at radius 3 is 2.43 bits per heavy atom. The van der Waals surface area contributed by atoms with Crippen molar-refractivity contribution in [1.82, 2.24) is 9.03 Å². The maximum Gasteiger partial charge on any atom is 0.279 e. The zero-order valence-corrected chi connectivity index (χ0v) is 13.5. The highest BCUT2D eigenvalue weighted by atomic mass is 35.5. The molecule has 1 aromatic carbocycles. The standard InChI is InChI=1S/C14H22ClN3O2S/c15-14-3-1-12(2-4-14)5-8-17-21(19,20)18-9-6-13(11-16)7-10-18/h1-4,13,17H,5-11,16H2. The van der Waals surface area contributed by atoms with Crippen LogP contribution in [0.4, 0.5) is 0 Å². The lowest BCUT2D eigenvalue weighted by Gasteiger charge is -2.30. The van der Waals surface area contributed by atoms with Crippen molar-refractivity contribution in [1.29, 1.82) is 0 Å². The van der Waals surface area contributed by atoms with Gasteiger partial charge in [-0.1, -0.05) is 23.7 Å². The van der Waals surface area contributed by atoms with Crippen LogP contribution in [0.15, 0.2) is 24.3 Å². The average molecular weight is 332 g/mol. The molecule has 2 rings (SSSR count). The van der Waals surface area contributed by atoms with Gasteiger partial charge < -0.3 is 5.73 Å². The molecular formula is C14H22ClN3O2S. The maximum absolute atomic E-state index is 12.2. The number of hydrogen-bond acceptors (Lipinski definition) is 3. The topological polar surface area (TPSA) is 75.4 Å². The van der Waals surface area contributed by atoms with Crippen LogP contribution < -0.4 is 10.5 Å². The zero-order valence-electron chi connectivity index (χ0n) is 12.0. The summed E-state index contributed by atoms with van der Waals surface area (Å²) in [5.41, 5.74) is 6.68. The van der Waals surface area contributed by atoms with Crippen LogP contribution >= 0.6 is 11.6 Å². The quantitative estimate of drug-likeness (QED) is 0.827. The summed E-state index contributed by atoms with van der Waals surface area (Å²) >= 11 is 5.82. The van der Waals surface area contributed by atoms with E-state index in [4.69, 9.17) is 17.3 Å². The van der Waals surface area contributed by atoms with Gasteiger partial charge in [-0.25, -0.2) is 4.72 Å². The Kier molecular flexibility index (Phi) is 6.01. The molecule has 0 amide bonds. The molecule has 1 heterocycles. The van der Waals surface area contributed by atoms with Crippen molar-refractivity contribution >= 4 is 21.8 Å². The Bertz CT molecular complexity index is 540. The lowest BCUT2D eigenvalue weighted by Crippen LogP contribution is -2.46. The summed E-state index contributed by atoms with van der Waals surface area (Å²) in [7, 11) is -3.38. The van der Waals surface area contributed by atoms with E-state index in [0.717, 1.165) is 18.4 Å². The molecule has 7 heteroatoms. The van der Waals surface area contributed by atoms with Crippen molar-refractivity contribution in [2.24, 2.45) is 11.7 Å². The van der Waals surface area contributed by atoms with Gasteiger partial charge in [0.1, 0.15) is 0 Å². The lowest BCUT2D eigenvalue weighted by molar-refractivity contribution is 0.276. The second-order valence-electron chi connectivity index (χ2n) is 5.35. The number of hydrogen-bond donors (Lipinski definition) is 2. The van der Waals surface area contributed by atoms with Crippen LogP contribution in [0.3, 0.4) is 0 Å². The first kappa shape index (κ1) is 16.7. The fourth-order valence-electron chi connectivity index (χ4n) is 2.45. The largest absolute Gasteiger partial charge is 0.330 e. The fourth-order valence-corrected chi connectivity index (χ4v) is 3.81. The Morgan fingerprint density at radius 1 is 1.24 bits per heavy atom. The molecule has 0 bridgehead atoms. The molecule has 0 radical (unpaired) electrons. The van der Waals surface area contributed by atoms with Gasteiger partial charge in [0.15, 0.2) is 0 Å². The first-order valence-corrected chi connectivity index (χ1v) is 9.02. The van der Waals surface area contributed by atoms with E-state index in [1.807, 2.05) is 24.3 Å². The number of rotatable bonds is 6. The second-order valence-corrected chi connectivity index (χ2v) is 7.55. The van der Waals surface area contributed by atoms with Gasteiger partial charge in [-0.2, -0.15) is 12.7 Å². The summed E-state index contributed by atoms with van der Waals surface area (Å²) in [6.45, 7) is 2.13. The van der Waals surface area contributed by atoms with Gasteiger partial charge in [0.25, 0.3) is 10.2 Å². The number of nitrogens with two attached hydrogens (primary N) is 1. The predicted molar refractivity (Wildman–Crippen MR) is 85.4 cm³/mol. The Morgan fingerprint density at radius 2 is 1.86 bits per heavy atom. The van der Waals surface area contributed by atoms with Crippen LogP contribution in [-0.2, 0) is 16.6 Å². The molecule has 0 unspecified atom stereocenters. The number of nitrogens with one attached hydrogen (secondary N) is 1. The molecule has 1 saturated heterocycles. The SMILES string of the molecule is NCC1CCN(S(=O)(=O)NCCc2ccc(Cl)cc2)CC1. The van der Waals surface area contributed by atoms with E-state index in [9.17, 15) is 8.42 Å². The minimum absolute atomic E-state index is 0.390. The predicted octanol–water partition coefficient (Wildman–Crippen LogP) is 1.39. The molecule has 0 saturated carbocycles.